The van der Waals surface area contributed by atoms with Crippen molar-refractivity contribution in [2.24, 2.45) is 0 Å². The number of hydrogen-bond donors (Lipinski definition) is 1. The topological polar surface area (TPSA) is 55.2 Å². The van der Waals surface area contributed by atoms with E-state index in [1.165, 1.54) is 25.3 Å². The van der Waals surface area contributed by atoms with E-state index in [-0.39, 0.29) is 0 Å². The molecule has 1 N–H and O–H groups in total. The molecule has 1 unspecified atom stereocenters. The number of methoxy groups -OCH3 is 1. The number of aromatic nitrogens is 2. The van der Waals surface area contributed by atoms with Gasteiger partial charge in [-0.15, -0.1) is 0 Å². The van der Waals surface area contributed by atoms with Gasteiger partial charge in [0.2, 0.25) is 0 Å². The van der Waals surface area contributed by atoms with Crippen LogP contribution in [-0.4, -0.2) is 22.4 Å². The quantitative estimate of drug-likeness (QED) is 0.932. The second-order valence-corrected chi connectivity index (χ2v) is 4.53. The van der Waals surface area contributed by atoms with Crippen molar-refractivity contribution in [3.8, 4) is 5.75 Å². The molecule has 20 heavy (non-hydrogen) atoms. The summed E-state index contributed by atoms with van der Waals surface area (Å²) in [6, 6.07) is 5.84. The maximum absolute atomic E-state index is 13.4. The molecule has 0 bridgehead atoms. The normalized spacial score (nSPS) is 12.2. The van der Waals surface area contributed by atoms with E-state index in [0.717, 1.165) is 0 Å². The van der Waals surface area contributed by atoms with Gasteiger partial charge in [-0.3, -0.25) is 0 Å². The Morgan fingerprint density at radius 1 is 1.25 bits per heavy atom. The summed E-state index contributed by atoms with van der Waals surface area (Å²) in [7, 11) is 1.49. The van der Waals surface area contributed by atoms with Gasteiger partial charge < -0.3 is 9.84 Å². The Kier molecular flexibility index (Phi) is 4.29. The van der Waals surface area contributed by atoms with Crippen LogP contribution >= 0.6 is 0 Å². The van der Waals surface area contributed by atoms with E-state index in [9.17, 15) is 9.50 Å². The summed E-state index contributed by atoms with van der Waals surface area (Å²) in [6.07, 6.45) is -0.359. The molecular weight excluding hydrogens is 259 g/mol. The molecule has 2 aromatic rings. The van der Waals surface area contributed by atoms with Gasteiger partial charge in [-0.1, -0.05) is 6.92 Å². The lowest BCUT2D eigenvalue weighted by molar-refractivity contribution is 0.212. The van der Waals surface area contributed by atoms with E-state index in [4.69, 9.17) is 4.74 Å². The van der Waals surface area contributed by atoms with Crippen molar-refractivity contribution in [1.29, 1.82) is 0 Å². The standard InChI is InChI=1S/C15H17FN2O2/c1-4-13-11(7-9(2)17-18-13)15(19)12-8-10(16)5-6-14(12)20-3/h5-8,15,19H,4H2,1-3H3. The Morgan fingerprint density at radius 2 is 2.00 bits per heavy atom. The van der Waals surface area contributed by atoms with Gasteiger partial charge in [-0.2, -0.15) is 10.2 Å². The first-order chi connectivity index (χ1) is 9.56. The molecule has 1 atom stereocenters. The summed E-state index contributed by atoms with van der Waals surface area (Å²) >= 11 is 0. The minimum absolute atomic E-state index is 0.384. The van der Waals surface area contributed by atoms with E-state index in [0.29, 0.717) is 34.7 Å². The molecule has 0 radical (unpaired) electrons. The van der Waals surface area contributed by atoms with Gasteiger partial charge in [-0.05, 0) is 37.6 Å². The predicted molar refractivity (Wildman–Crippen MR) is 73.2 cm³/mol. The van der Waals surface area contributed by atoms with E-state index in [1.807, 2.05) is 6.92 Å². The van der Waals surface area contributed by atoms with Gasteiger partial charge >= 0.3 is 0 Å². The molecule has 5 heteroatoms. The first-order valence-electron chi connectivity index (χ1n) is 6.41. The van der Waals surface area contributed by atoms with Gasteiger partial charge in [0.15, 0.2) is 0 Å². The zero-order valence-corrected chi connectivity index (χ0v) is 11.7. The monoisotopic (exact) mass is 276 g/mol. The number of halogens is 1. The van der Waals surface area contributed by atoms with E-state index in [2.05, 4.69) is 10.2 Å². The fraction of sp³-hybridized carbons (Fsp3) is 0.333. The molecule has 0 amide bonds. The highest BCUT2D eigenvalue weighted by Gasteiger charge is 2.20. The Morgan fingerprint density at radius 3 is 2.65 bits per heavy atom. The van der Waals surface area contributed by atoms with Crippen LogP contribution in [0.25, 0.3) is 0 Å². The Bertz CT molecular complexity index is 563. The summed E-state index contributed by atoms with van der Waals surface area (Å²) in [6.45, 7) is 3.73. The summed E-state index contributed by atoms with van der Waals surface area (Å²) in [5.74, 6) is 0.0204. The summed E-state index contributed by atoms with van der Waals surface area (Å²) in [5.41, 5.74) is 2.40. The van der Waals surface area contributed by atoms with Crippen LogP contribution in [0.3, 0.4) is 0 Å². The number of nitrogens with zero attached hydrogens (tertiary/aromatic N) is 2. The molecule has 0 spiro atoms. The number of ether oxygens (including phenoxy) is 1. The minimum Gasteiger partial charge on any atom is -0.496 e. The maximum atomic E-state index is 13.4. The van der Waals surface area contributed by atoms with Crippen molar-refractivity contribution in [2.75, 3.05) is 7.11 Å². The number of rotatable bonds is 4. The smallest absolute Gasteiger partial charge is 0.125 e. The zero-order valence-electron chi connectivity index (χ0n) is 11.7. The molecule has 1 aromatic heterocycles. The first kappa shape index (κ1) is 14.4. The molecule has 4 nitrogen and oxygen atoms in total. The number of aliphatic hydroxyl groups excluding tert-OH is 1. The Labute approximate surface area is 117 Å². The molecule has 0 fully saturated rings. The van der Waals surface area contributed by atoms with Gasteiger partial charge in [0.05, 0.1) is 18.5 Å². The second-order valence-electron chi connectivity index (χ2n) is 4.53. The van der Waals surface area contributed by atoms with Gasteiger partial charge in [-0.25, -0.2) is 4.39 Å². The Balaban J connectivity index is 2.53. The zero-order chi connectivity index (χ0) is 14.7. The lowest BCUT2D eigenvalue weighted by atomic mass is 9.98. The predicted octanol–water partition coefficient (Wildman–Crippen LogP) is 2.58. The lowest BCUT2D eigenvalue weighted by Gasteiger charge is -2.17. The molecule has 0 aliphatic rings. The molecule has 0 aliphatic heterocycles. The molecule has 0 saturated heterocycles. The maximum Gasteiger partial charge on any atom is 0.125 e. The highest BCUT2D eigenvalue weighted by molar-refractivity contribution is 5.41. The molecular formula is C15H17FN2O2. The van der Waals surface area contributed by atoms with E-state index in [1.54, 1.807) is 13.0 Å². The second kappa shape index (κ2) is 5.96. The minimum atomic E-state index is -0.996. The SMILES string of the molecule is CCc1nnc(C)cc1C(O)c1cc(F)ccc1OC. The van der Waals surface area contributed by atoms with Gasteiger partial charge in [0, 0.05) is 11.1 Å². The summed E-state index contributed by atoms with van der Waals surface area (Å²) in [5, 5.41) is 18.6. The third-order valence-corrected chi connectivity index (χ3v) is 3.14. The summed E-state index contributed by atoms with van der Waals surface area (Å²) < 4.78 is 18.6. The summed E-state index contributed by atoms with van der Waals surface area (Å²) in [4.78, 5) is 0. The largest absolute Gasteiger partial charge is 0.496 e. The molecule has 0 aliphatic carbocycles. The van der Waals surface area contributed by atoms with E-state index < -0.39 is 11.9 Å². The van der Waals surface area contributed by atoms with Gasteiger partial charge in [0.25, 0.3) is 0 Å². The van der Waals surface area contributed by atoms with Crippen molar-refractivity contribution in [2.45, 2.75) is 26.4 Å². The number of aliphatic hydroxyl groups is 1. The van der Waals surface area contributed by atoms with Crippen LogP contribution in [0.2, 0.25) is 0 Å². The average Bonchev–Trinajstić information content (AvgIpc) is 2.46. The van der Waals surface area contributed by atoms with E-state index >= 15 is 0 Å². The van der Waals surface area contributed by atoms with Crippen LogP contribution in [0.15, 0.2) is 24.3 Å². The number of aryl methyl sites for hydroxylation is 2. The lowest BCUT2D eigenvalue weighted by Crippen LogP contribution is -2.09. The highest BCUT2D eigenvalue weighted by Crippen LogP contribution is 2.32. The fourth-order valence-corrected chi connectivity index (χ4v) is 2.13. The molecule has 1 aromatic carbocycles. The van der Waals surface area contributed by atoms with Crippen molar-refractivity contribution in [3.05, 3.63) is 52.6 Å². The van der Waals surface area contributed by atoms with Crippen molar-refractivity contribution >= 4 is 0 Å². The van der Waals surface area contributed by atoms with Gasteiger partial charge in [0.1, 0.15) is 17.7 Å². The first-order valence-corrected chi connectivity index (χ1v) is 6.41. The van der Waals surface area contributed by atoms with Crippen molar-refractivity contribution < 1.29 is 14.2 Å². The molecule has 0 saturated carbocycles. The number of benzene rings is 1. The molecule has 2 rings (SSSR count). The fourth-order valence-electron chi connectivity index (χ4n) is 2.13. The third kappa shape index (κ3) is 2.77. The van der Waals surface area contributed by atoms with Crippen LogP contribution < -0.4 is 4.74 Å². The highest BCUT2D eigenvalue weighted by atomic mass is 19.1. The number of hydrogen-bond acceptors (Lipinski definition) is 4. The third-order valence-electron chi connectivity index (χ3n) is 3.14. The van der Waals surface area contributed by atoms with Crippen LogP contribution in [0.1, 0.15) is 35.5 Å². The van der Waals surface area contributed by atoms with Crippen molar-refractivity contribution in [3.63, 3.8) is 0 Å². The van der Waals surface area contributed by atoms with Crippen LogP contribution in [0, 0.1) is 12.7 Å². The van der Waals surface area contributed by atoms with Crippen LogP contribution in [-0.2, 0) is 6.42 Å². The van der Waals surface area contributed by atoms with Crippen molar-refractivity contribution in [1.82, 2.24) is 10.2 Å². The van der Waals surface area contributed by atoms with Crippen LogP contribution in [0.5, 0.6) is 5.75 Å². The molecule has 1 heterocycles. The molecule has 106 valence electrons. The average molecular weight is 276 g/mol. The Hall–Kier alpha value is -2.01. The van der Waals surface area contributed by atoms with Crippen LogP contribution in [0.4, 0.5) is 4.39 Å².